The fourth-order valence-electron chi connectivity index (χ4n) is 2.48. The molecule has 0 fully saturated rings. The smallest absolute Gasteiger partial charge is 0.359 e. The van der Waals surface area contributed by atoms with Gasteiger partial charge in [-0.1, -0.05) is 16.8 Å². The number of hydrogen-bond acceptors (Lipinski definition) is 7. The summed E-state index contributed by atoms with van der Waals surface area (Å²) in [5.74, 6) is -0.207. The van der Waals surface area contributed by atoms with Gasteiger partial charge >= 0.3 is 5.97 Å². The minimum Gasteiger partial charge on any atom is -0.448 e. The SMILES string of the molecule is Cc1cc(C)n(-c2ccc(Cl)c(C(=O)OC(C)C(=O)Nc3cc(C)on3)n2)n1. The zero-order chi connectivity index (χ0) is 20.4. The van der Waals surface area contributed by atoms with Crippen LogP contribution in [0.1, 0.15) is 34.6 Å². The van der Waals surface area contributed by atoms with E-state index in [1.54, 1.807) is 23.7 Å². The molecular weight excluding hydrogens is 386 g/mol. The third-order valence-electron chi connectivity index (χ3n) is 3.78. The van der Waals surface area contributed by atoms with Crippen molar-refractivity contribution >= 4 is 29.3 Å². The Labute approximate surface area is 165 Å². The quantitative estimate of drug-likeness (QED) is 0.651. The second-order valence-corrected chi connectivity index (χ2v) is 6.61. The van der Waals surface area contributed by atoms with E-state index >= 15 is 0 Å². The lowest BCUT2D eigenvalue weighted by Gasteiger charge is -2.13. The molecule has 0 spiro atoms. The first-order valence-electron chi connectivity index (χ1n) is 8.40. The van der Waals surface area contributed by atoms with Crippen LogP contribution < -0.4 is 5.32 Å². The molecule has 0 aromatic carbocycles. The number of rotatable bonds is 5. The Morgan fingerprint density at radius 3 is 2.61 bits per heavy atom. The van der Waals surface area contributed by atoms with Crippen LogP contribution in [0.25, 0.3) is 5.82 Å². The van der Waals surface area contributed by atoms with Gasteiger partial charge in [-0.3, -0.25) is 4.79 Å². The maximum atomic E-state index is 12.5. The Hall–Kier alpha value is -3.20. The first kappa shape index (κ1) is 19.6. The van der Waals surface area contributed by atoms with Crippen LogP contribution in [-0.2, 0) is 9.53 Å². The fraction of sp³-hybridized carbons (Fsp3) is 0.278. The summed E-state index contributed by atoms with van der Waals surface area (Å²) >= 11 is 6.10. The predicted octanol–water partition coefficient (Wildman–Crippen LogP) is 3.02. The number of hydrogen-bond donors (Lipinski definition) is 1. The third-order valence-corrected chi connectivity index (χ3v) is 4.09. The van der Waals surface area contributed by atoms with Crippen molar-refractivity contribution in [1.29, 1.82) is 0 Å². The van der Waals surface area contributed by atoms with Crippen molar-refractivity contribution in [3.63, 3.8) is 0 Å². The molecule has 0 aliphatic carbocycles. The van der Waals surface area contributed by atoms with Crippen molar-refractivity contribution in [3.8, 4) is 5.82 Å². The number of halogens is 1. The summed E-state index contributed by atoms with van der Waals surface area (Å²) in [7, 11) is 0. The van der Waals surface area contributed by atoms with E-state index in [2.05, 4.69) is 20.6 Å². The molecule has 146 valence electrons. The number of aryl methyl sites for hydroxylation is 3. The van der Waals surface area contributed by atoms with Gasteiger partial charge in [0.2, 0.25) is 0 Å². The van der Waals surface area contributed by atoms with Gasteiger partial charge in [-0.05, 0) is 45.9 Å². The second-order valence-electron chi connectivity index (χ2n) is 6.20. The lowest BCUT2D eigenvalue weighted by atomic mass is 10.3. The molecule has 1 unspecified atom stereocenters. The summed E-state index contributed by atoms with van der Waals surface area (Å²) < 4.78 is 11.7. The van der Waals surface area contributed by atoms with Gasteiger partial charge in [0.25, 0.3) is 5.91 Å². The monoisotopic (exact) mass is 403 g/mol. The molecule has 28 heavy (non-hydrogen) atoms. The summed E-state index contributed by atoms with van der Waals surface area (Å²) in [5.41, 5.74) is 1.55. The molecule has 0 radical (unpaired) electrons. The first-order chi connectivity index (χ1) is 13.2. The Morgan fingerprint density at radius 2 is 2.00 bits per heavy atom. The van der Waals surface area contributed by atoms with Crippen LogP contribution in [-0.4, -0.2) is 37.9 Å². The summed E-state index contributed by atoms with van der Waals surface area (Å²) in [6, 6.07) is 6.59. The number of esters is 1. The number of nitrogens with zero attached hydrogens (tertiary/aromatic N) is 4. The van der Waals surface area contributed by atoms with Crippen LogP contribution >= 0.6 is 11.6 Å². The minimum atomic E-state index is -1.10. The Morgan fingerprint density at radius 1 is 1.25 bits per heavy atom. The van der Waals surface area contributed by atoms with Crippen molar-refractivity contribution in [2.45, 2.75) is 33.8 Å². The Bertz CT molecular complexity index is 1040. The number of pyridine rings is 1. The molecule has 3 heterocycles. The second kappa shape index (κ2) is 7.81. The van der Waals surface area contributed by atoms with E-state index in [0.717, 1.165) is 11.4 Å². The summed E-state index contributed by atoms with van der Waals surface area (Å²) in [6.07, 6.45) is -1.10. The van der Waals surface area contributed by atoms with Crippen LogP contribution in [0, 0.1) is 20.8 Å². The molecule has 1 N–H and O–H groups in total. The molecular formula is C18H18ClN5O4. The molecule has 0 aliphatic rings. The van der Waals surface area contributed by atoms with Crippen molar-refractivity contribution in [2.75, 3.05) is 5.32 Å². The van der Waals surface area contributed by atoms with Gasteiger partial charge in [0, 0.05) is 11.8 Å². The molecule has 0 bridgehead atoms. The highest BCUT2D eigenvalue weighted by Crippen LogP contribution is 2.19. The average Bonchev–Trinajstić information content (AvgIpc) is 3.19. The highest BCUT2D eigenvalue weighted by Gasteiger charge is 2.23. The summed E-state index contributed by atoms with van der Waals surface area (Å²) in [5, 5.41) is 10.6. The first-order valence-corrected chi connectivity index (χ1v) is 8.77. The van der Waals surface area contributed by atoms with Crippen molar-refractivity contribution in [2.24, 2.45) is 0 Å². The van der Waals surface area contributed by atoms with E-state index in [-0.39, 0.29) is 16.5 Å². The maximum Gasteiger partial charge on any atom is 0.359 e. The number of anilines is 1. The molecule has 0 aliphatic heterocycles. The number of carbonyl (C=O) groups is 2. The molecule has 0 saturated carbocycles. The Kier molecular flexibility index (Phi) is 5.46. The molecule has 1 amide bonds. The van der Waals surface area contributed by atoms with Crippen molar-refractivity contribution < 1.29 is 18.8 Å². The number of ether oxygens (including phenoxy) is 1. The zero-order valence-electron chi connectivity index (χ0n) is 15.7. The van der Waals surface area contributed by atoms with Crippen molar-refractivity contribution in [3.05, 3.63) is 52.1 Å². The zero-order valence-corrected chi connectivity index (χ0v) is 16.4. The van der Waals surface area contributed by atoms with E-state index in [1.807, 2.05) is 19.9 Å². The van der Waals surface area contributed by atoms with E-state index in [0.29, 0.717) is 11.6 Å². The molecule has 3 rings (SSSR count). The standard InChI is InChI=1S/C18H18ClN5O4/c1-9-7-10(2)24(22-9)15-6-5-13(19)16(21-15)18(26)27-12(4)17(25)20-14-8-11(3)28-23-14/h5-8,12H,1-4H3,(H,20,23,25). The van der Waals surface area contributed by atoms with E-state index in [1.165, 1.54) is 13.0 Å². The molecule has 0 saturated heterocycles. The molecule has 9 nitrogen and oxygen atoms in total. The third kappa shape index (κ3) is 4.20. The van der Waals surface area contributed by atoms with Gasteiger partial charge in [0.1, 0.15) is 5.76 Å². The van der Waals surface area contributed by atoms with Crippen LogP contribution in [0.4, 0.5) is 5.82 Å². The molecule has 10 heteroatoms. The number of nitrogens with one attached hydrogen (secondary N) is 1. The van der Waals surface area contributed by atoms with Gasteiger partial charge < -0.3 is 14.6 Å². The fourth-order valence-corrected chi connectivity index (χ4v) is 2.66. The van der Waals surface area contributed by atoms with Crippen LogP contribution in [0.5, 0.6) is 0 Å². The number of aromatic nitrogens is 4. The normalized spacial score (nSPS) is 11.9. The van der Waals surface area contributed by atoms with Gasteiger partial charge in [-0.25, -0.2) is 14.5 Å². The largest absolute Gasteiger partial charge is 0.448 e. The van der Waals surface area contributed by atoms with Gasteiger partial charge in [0.15, 0.2) is 23.4 Å². The van der Waals surface area contributed by atoms with E-state index in [9.17, 15) is 9.59 Å². The minimum absolute atomic E-state index is 0.106. The van der Waals surface area contributed by atoms with Gasteiger partial charge in [0.05, 0.1) is 10.7 Å². The summed E-state index contributed by atoms with van der Waals surface area (Å²) in [4.78, 5) is 28.9. The van der Waals surface area contributed by atoms with Crippen molar-refractivity contribution in [1.82, 2.24) is 19.9 Å². The van der Waals surface area contributed by atoms with Gasteiger partial charge in [-0.15, -0.1) is 0 Å². The van der Waals surface area contributed by atoms with Crippen LogP contribution in [0.3, 0.4) is 0 Å². The number of carbonyl (C=O) groups excluding carboxylic acids is 2. The molecule has 3 aromatic heterocycles. The number of amides is 1. The van der Waals surface area contributed by atoms with E-state index in [4.69, 9.17) is 20.9 Å². The Balaban J connectivity index is 1.75. The maximum absolute atomic E-state index is 12.5. The highest BCUT2D eigenvalue weighted by atomic mass is 35.5. The molecule has 3 aromatic rings. The van der Waals surface area contributed by atoms with Crippen LogP contribution in [0.2, 0.25) is 5.02 Å². The molecule has 1 atom stereocenters. The van der Waals surface area contributed by atoms with Gasteiger partial charge in [-0.2, -0.15) is 5.10 Å². The average molecular weight is 404 g/mol. The van der Waals surface area contributed by atoms with E-state index < -0.39 is 18.0 Å². The lowest BCUT2D eigenvalue weighted by molar-refractivity contribution is -0.123. The topological polar surface area (TPSA) is 112 Å². The highest BCUT2D eigenvalue weighted by molar-refractivity contribution is 6.33. The van der Waals surface area contributed by atoms with Crippen LogP contribution in [0.15, 0.2) is 28.8 Å². The lowest BCUT2D eigenvalue weighted by Crippen LogP contribution is -2.30. The predicted molar refractivity (Wildman–Crippen MR) is 101 cm³/mol. The summed E-state index contributed by atoms with van der Waals surface area (Å²) in [6.45, 7) is 6.84.